The van der Waals surface area contributed by atoms with Crippen molar-refractivity contribution in [3.05, 3.63) is 0 Å². The van der Waals surface area contributed by atoms with E-state index in [4.69, 9.17) is 10.8 Å². The molecule has 156 valence electrons. The van der Waals surface area contributed by atoms with Gasteiger partial charge < -0.3 is 0 Å². The van der Waals surface area contributed by atoms with Crippen LogP contribution in [0.2, 0.25) is 22.8 Å². The van der Waals surface area contributed by atoms with Crippen LogP contribution >= 0.6 is 20.0 Å². The number of nitrogens with two attached hydrogens (primary N) is 1. The number of carbonyl (C=O) groups is 3. The van der Waals surface area contributed by atoms with E-state index in [0.29, 0.717) is 0 Å². The molecule has 0 aromatic carbocycles. The number of carboxylic acid groups (broad SMARTS) is 1. The second-order valence-corrected chi connectivity index (χ2v) is 25.3. The van der Waals surface area contributed by atoms with Gasteiger partial charge in [0.15, 0.2) is 0 Å². The number of rotatable bonds is 9. The summed E-state index contributed by atoms with van der Waals surface area (Å²) in [7, 11) is 3.55. The molecule has 0 saturated carbocycles. The molecular weight excluding hydrogens is 498 g/mol. The Morgan fingerprint density at radius 2 is 1.62 bits per heavy atom. The number of amides is 1. The van der Waals surface area contributed by atoms with Gasteiger partial charge >= 0.3 is 168 Å². The Balaban J connectivity index is -0.000000393. The molecule has 2 unspecified atom stereocenters. The summed E-state index contributed by atoms with van der Waals surface area (Å²) in [6, 6.07) is -0.320. The topological polar surface area (TPSA) is 109 Å². The molecule has 0 spiro atoms. The molecule has 2 atom stereocenters. The molecule has 0 aliphatic heterocycles. The van der Waals surface area contributed by atoms with Crippen LogP contribution in [-0.4, -0.2) is 72.3 Å². The van der Waals surface area contributed by atoms with E-state index in [2.05, 4.69) is 42.0 Å². The summed E-state index contributed by atoms with van der Waals surface area (Å²) in [4.78, 5) is 32.4. The normalized spacial score (nSPS) is 13.2. The first kappa shape index (κ1) is 31.1. The van der Waals surface area contributed by atoms with Crippen molar-refractivity contribution in [3.8, 4) is 0 Å². The molecule has 0 aliphatic rings. The van der Waals surface area contributed by atoms with Crippen LogP contribution in [0.1, 0.15) is 35.1 Å². The molecule has 0 aromatic heterocycles. The molecule has 4 N–H and O–H groups in total. The molecule has 0 rings (SSSR count). The fourth-order valence-corrected chi connectivity index (χ4v) is 14.9. The Morgan fingerprint density at radius 3 is 1.92 bits per heavy atom. The molecule has 0 saturated heterocycles. The van der Waals surface area contributed by atoms with Crippen LogP contribution in [0.4, 0.5) is 0 Å². The number of ketones is 1. The monoisotopic (exact) mass is 534 g/mol. The molecule has 0 bridgehead atoms. The number of hydrogen-bond donors (Lipinski definition) is 3. The summed E-state index contributed by atoms with van der Waals surface area (Å²) in [5, 5.41) is 10.5. The Bertz CT molecular complexity index is 450. The third-order valence-corrected chi connectivity index (χ3v) is 14.7. The fraction of sp³-hybridized carbons (Fsp3) is 0.812. The van der Waals surface area contributed by atoms with Crippen LogP contribution in [0.25, 0.3) is 0 Å². The molecule has 0 aliphatic carbocycles. The molecule has 26 heavy (non-hydrogen) atoms. The van der Waals surface area contributed by atoms with Crippen molar-refractivity contribution in [2.24, 2.45) is 5.73 Å². The molecule has 6 nitrogen and oxygen atoms in total. The van der Waals surface area contributed by atoms with Crippen LogP contribution in [0.15, 0.2) is 0 Å². The average Bonchev–Trinajstić information content (AvgIpc) is 2.42. The third-order valence-electron chi connectivity index (χ3n) is 2.76. The van der Waals surface area contributed by atoms with Gasteiger partial charge in [0, 0.05) is 0 Å². The zero-order valence-electron chi connectivity index (χ0n) is 16.3. The van der Waals surface area contributed by atoms with Gasteiger partial charge in [-0.25, -0.2) is 0 Å². The number of Topliss-reactive ketones (excluding diaryl/α,β-unsaturated/α-hetero) is 1. The predicted molar refractivity (Wildman–Crippen MR) is 120 cm³/mol. The molecule has 0 radical (unpaired) electrons. The number of nitrogens with one attached hydrogen (secondary N) is 1. The summed E-state index contributed by atoms with van der Waals surface area (Å²) in [6.45, 7) is 7.19. The van der Waals surface area contributed by atoms with Crippen LogP contribution in [0.5, 0.6) is 0 Å². The second kappa shape index (κ2) is 15.3. The van der Waals surface area contributed by atoms with Crippen molar-refractivity contribution in [3.63, 3.8) is 0 Å². The summed E-state index contributed by atoms with van der Waals surface area (Å²) in [5.41, 5.74) is 14.6. The Kier molecular flexibility index (Phi) is 18.3. The summed E-state index contributed by atoms with van der Waals surface area (Å²) in [6.07, 6.45) is 0. The summed E-state index contributed by atoms with van der Waals surface area (Å²) >= 11 is -1.65. The predicted octanol–water partition coefficient (Wildman–Crippen LogP) is 2.86. The molecule has 0 fully saturated rings. The van der Waals surface area contributed by atoms with E-state index < -0.39 is 33.0 Å². The summed E-state index contributed by atoms with van der Waals surface area (Å²) in [5.74, 6) is -1.10. The van der Waals surface area contributed by atoms with Gasteiger partial charge in [0.25, 0.3) is 0 Å². The summed E-state index contributed by atoms with van der Waals surface area (Å²) < 4.78 is -0.0880. The third kappa shape index (κ3) is 16.6. The zero-order chi connectivity index (χ0) is 20.4. The van der Waals surface area contributed by atoms with E-state index in [-0.39, 0.29) is 41.7 Å². The van der Waals surface area contributed by atoms with Crippen molar-refractivity contribution in [2.45, 2.75) is 74.0 Å². The van der Waals surface area contributed by atoms with Gasteiger partial charge in [-0.1, -0.05) is 7.43 Å². The van der Waals surface area contributed by atoms with Gasteiger partial charge in [-0.05, 0) is 0 Å². The number of aliphatic carboxylic acids is 1. The van der Waals surface area contributed by atoms with Crippen molar-refractivity contribution in [2.75, 3.05) is 6.54 Å². The number of carbonyl (C=O) groups excluding carboxylic acids is 2. The van der Waals surface area contributed by atoms with Crippen molar-refractivity contribution < 1.29 is 19.5 Å². The van der Waals surface area contributed by atoms with Gasteiger partial charge in [-0.3, -0.25) is 0 Å². The van der Waals surface area contributed by atoms with E-state index in [0.717, 1.165) is 0 Å². The van der Waals surface area contributed by atoms with Crippen molar-refractivity contribution in [1.82, 2.24) is 5.32 Å². The fourth-order valence-electron chi connectivity index (χ4n) is 1.69. The average molecular weight is 534 g/mol. The van der Waals surface area contributed by atoms with Gasteiger partial charge in [0.2, 0.25) is 0 Å². The van der Waals surface area contributed by atoms with E-state index in [9.17, 15) is 14.4 Å². The first-order chi connectivity index (χ1) is 11.2. The van der Waals surface area contributed by atoms with E-state index in [1.165, 1.54) is 0 Å². The van der Waals surface area contributed by atoms with E-state index in [1.807, 2.05) is 10.0 Å². The van der Waals surface area contributed by atoms with Gasteiger partial charge in [-0.15, -0.1) is 0 Å². The van der Waals surface area contributed by atoms with Gasteiger partial charge in [0.05, 0.1) is 0 Å². The van der Waals surface area contributed by atoms with Crippen molar-refractivity contribution in [1.29, 1.82) is 0 Å². The SMILES string of the molecule is C.CC(=O)C(N)C(C)(C)S[As](C)C.CC(S[As](C)C)C(=O)NCC(=O)O. The Hall–Kier alpha value is 0.387. The van der Waals surface area contributed by atoms with Crippen LogP contribution in [0.3, 0.4) is 0 Å². The first-order valence-electron chi connectivity index (χ1n) is 7.66. The van der Waals surface area contributed by atoms with Gasteiger partial charge in [-0.2, -0.15) is 0 Å². The van der Waals surface area contributed by atoms with E-state index >= 15 is 0 Å². The number of hydrogen-bond acceptors (Lipinski definition) is 6. The van der Waals surface area contributed by atoms with E-state index in [1.54, 1.807) is 23.9 Å². The van der Waals surface area contributed by atoms with Crippen LogP contribution in [0, 0.1) is 0 Å². The molecule has 0 aromatic rings. The van der Waals surface area contributed by atoms with Crippen molar-refractivity contribution >= 4 is 64.7 Å². The molecular formula is C16H36As2N2O4S2. The van der Waals surface area contributed by atoms with Crippen LogP contribution < -0.4 is 11.1 Å². The van der Waals surface area contributed by atoms with Gasteiger partial charge in [0.1, 0.15) is 0 Å². The van der Waals surface area contributed by atoms with Crippen LogP contribution in [-0.2, 0) is 14.4 Å². The Labute approximate surface area is 175 Å². The minimum atomic E-state index is -1.01. The Morgan fingerprint density at radius 1 is 1.15 bits per heavy atom. The molecule has 0 heterocycles. The quantitative estimate of drug-likeness (QED) is 0.391. The maximum atomic E-state index is 11.2. The zero-order valence-corrected chi connectivity index (χ0v) is 21.7. The molecule has 10 heteroatoms. The minimum absolute atomic E-state index is 0. The standard InChI is InChI=1S/C8H18AsNOS.C7H14AsNO3S.CH4/c1-6(11)7(10)8(2,3)12-9(4)5;1-5(13-8(2)3)7(12)9-4-6(10)11;/h7H,10H2,1-5H3;5H,4H2,1-3H3,(H,9,12)(H,10,11);1H4. The second-order valence-electron chi connectivity index (χ2n) is 6.27. The number of carboxylic acids is 1. The molecule has 1 amide bonds. The first-order valence-corrected chi connectivity index (χ1v) is 21.4. The maximum absolute atomic E-state index is 11.2.